The Bertz CT molecular complexity index is 1150. The third-order valence-electron chi connectivity index (χ3n) is 4.59. The molecule has 0 saturated heterocycles. The molecule has 0 aliphatic carbocycles. The molecule has 14 heteroatoms. The van der Waals surface area contributed by atoms with E-state index >= 15 is 0 Å². The minimum absolute atomic E-state index is 0.0743. The Balaban J connectivity index is 1.63. The van der Waals surface area contributed by atoms with Crippen LogP contribution in [0.1, 0.15) is 33.9 Å². The molecule has 0 spiro atoms. The second-order valence-electron chi connectivity index (χ2n) is 7.00. The average Bonchev–Trinajstić information content (AvgIpc) is 3.37. The van der Waals surface area contributed by atoms with Crippen molar-refractivity contribution in [3.05, 3.63) is 45.7 Å². The lowest BCUT2D eigenvalue weighted by molar-refractivity contribution is -0.142. The highest BCUT2D eigenvalue weighted by Crippen LogP contribution is 2.35. The van der Waals surface area contributed by atoms with Gasteiger partial charge in [0.25, 0.3) is 5.91 Å². The molecule has 0 radical (unpaired) electrons. The molecule has 0 saturated carbocycles. The maximum atomic E-state index is 13.0. The zero-order chi connectivity index (χ0) is 23.6. The first-order valence-corrected chi connectivity index (χ1v) is 10.1. The minimum Gasteiger partial charge on any atom is -0.346 e. The Morgan fingerprint density at radius 3 is 2.50 bits per heavy atom. The summed E-state index contributed by atoms with van der Waals surface area (Å²) in [7, 11) is 3.31. The Hall–Kier alpha value is -3.16. The van der Waals surface area contributed by atoms with E-state index in [0.717, 1.165) is 10.2 Å². The summed E-state index contributed by atoms with van der Waals surface area (Å²) in [5, 5.41) is 16.9. The number of hydrogen-bond donors (Lipinski definition) is 2. The van der Waals surface area contributed by atoms with Crippen LogP contribution in [0.15, 0.2) is 23.1 Å². The van der Waals surface area contributed by atoms with Gasteiger partial charge in [-0.05, 0) is 22.9 Å². The zero-order valence-electron chi connectivity index (χ0n) is 17.4. The van der Waals surface area contributed by atoms with Crippen molar-refractivity contribution in [2.24, 2.45) is 14.1 Å². The number of rotatable bonds is 7. The van der Waals surface area contributed by atoms with Crippen molar-refractivity contribution in [1.29, 1.82) is 0 Å². The fourth-order valence-electron chi connectivity index (χ4n) is 2.97. The van der Waals surface area contributed by atoms with Gasteiger partial charge in [-0.3, -0.25) is 23.6 Å². The highest BCUT2D eigenvalue weighted by atomic mass is 79.9. The fraction of sp³-hybridized carbons (Fsp3) is 0.389. The predicted octanol–water partition coefficient (Wildman–Crippen LogP) is 2.40. The molecule has 3 aromatic rings. The maximum absolute atomic E-state index is 13.0. The van der Waals surface area contributed by atoms with Gasteiger partial charge in [-0.1, -0.05) is 0 Å². The van der Waals surface area contributed by atoms with Crippen LogP contribution in [-0.2, 0) is 38.2 Å². The predicted molar refractivity (Wildman–Crippen MR) is 110 cm³/mol. The van der Waals surface area contributed by atoms with E-state index in [9.17, 15) is 22.8 Å². The number of anilines is 1. The Labute approximate surface area is 188 Å². The molecular formula is C18H20BrF3N8O2. The van der Waals surface area contributed by atoms with Crippen molar-refractivity contribution in [1.82, 2.24) is 34.7 Å². The molecule has 172 valence electrons. The van der Waals surface area contributed by atoms with Crippen molar-refractivity contribution >= 4 is 33.4 Å². The number of nitrogens with zero attached hydrogens (tertiary/aromatic N) is 6. The number of aromatic nitrogens is 6. The molecule has 0 bridgehead atoms. The summed E-state index contributed by atoms with van der Waals surface area (Å²) in [6.07, 6.45) is -0.0603. The smallest absolute Gasteiger partial charge is 0.346 e. The minimum atomic E-state index is -4.61. The molecule has 0 fully saturated rings. The van der Waals surface area contributed by atoms with Crippen molar-refractivity contribution in [3.8, 4) is 0 Å². The summed E-state index contributed by atoms with van der Waals surface area (Å²) < 4.78 is 42.8. The van der Waals surface area contributed by atoms with Gasteiger partial charge in [-0.2, -0.15) is 28.5 Å². The van der Waals surface area contributed by atoms with E-state index in [-0.39, 0.29) is 41.1 Å². The van der Waals surface area contributed by atoms with Crippen LogP contribution in [0.4, 0.5) is 18.9 Å². The molecule has 32 heavy (non-hydrogen) atoms. The molecule has 3 rings (SSSR count). The van der Waals surface area contributed by atoms with Crippen molar-refractivity contribution in [3.63, 3.8) is 0 Å². The van der Waals surface area contributed by atoms with E-state index in [1.54, 1.807) is 31.2 Å². The molecule has 2 N–H and O–H groups in total. The summed E-state index contributed by atoms with van der Waals surface area (Å²) in [6, 6.07) is 0. The average molecular weight is 517 g/mol. The number of halogens is 4. The molecule has 3 aromatic heterocycles. The van der Waals surface area contributed by atoms with Crippen molar-refractivity contribution < 1.29 is 22.8 Å². The third-order valence-corrected chi connectivity index (χ3v) is 5.54. The van der Waals surface area contributed by atoms with E-state index in [1.165, 1.54) is 17.8 Å². The van der Waals surface area contributed by atoms with E-state index in [2.05, 4.69) is 41.9 Å². The third kappa shape index (κ3) is 5.18. The number of nitrogens with one attached hydrogen (secondary N) is 2. The lowest BCUT2D eigenvalue weighted by Crippen LogP contribution is -2.27. The van der Waals surface area contributed by atoms with E-state index in [1.807, 2.05) is 0 Å². The zero-order valence-corrected chi connectivity index (χ0v) is 19.0. The van der Waals surface area contributed by atoms with Gasteiger partial charge < -0.3 is 10.6 Å². The van der Waals surface area contributed by atoms with Gasteiger partial charge in [0, 0.05) is 38.8 Å². The molecule has 0 aromatic carbocycles. The van der Waals surface area contributed by atoms with Crippen LogP contribution in [-0.4, -0.2) is 41.2 Å². The molecule has 10 nitrogen and oxygen atoms in total. The van der Waals surface area contributed by atoms with Gasteiger partial charge in [0.05, 0.1) is 34.8 Å². The monoisotopic (exact) mass is 516 g/mol. The second kappa shape index (κ2) is 9.14. The van der Waals surface area contributed by atoms with Crippen LogP contribution < -0.4 is 10.6 Å². The van der Waals surface area contributed by atoms with Crippen molar-refractivity contribution in [2.75, 3.05) is 5.32 Å². The lowest BCUT2D eigenvalue weighted by atomic mass is 10.3. The van der Waals surface area contributed by atoms with E-state index in [4.69, 9.17) is 0 Å². The molecule has 3 heterocycles. The molecule has 0 unspecified atom stereocenters. The maximum Gasteiger partial charge on any atom is 0.436 e. The van der Waals surface area contributed by atoms with Gasteiger partial charge in [0.1, 0.15) is 5.69 Å². The SMILES string of the molecule is Cc1c(Br)c(C(F)(F)F)nn1CCC(=O)Nc1cnn(C)c1C(=O)NCc1cnn(C)c1. The normalized spacial score (nSPS) is 11.6. The van der Waals surface area contributed by atoms with Crippen LogP contribution in [0, 0.1) is 6.92 Å². The largest absolute Gasteiger partial charge is 0.436 e. The van der Waals surface area contributed by atoms with E-state index < -0.39 is 23.7 Å². The van der Waals surface area contributed by atoms with Gasteiger partial charge >= 0.3 is 6.18 Å². The van der Waals surface area contributed by atoms with Crippen LogP contribution in [0.2, 0.25) is 0 Å². The first-order valence-electron chi connectivity index (χ1n) is 9.35. The standard InChI is InChI=1S/C18H20BrF3N8O2/c1-10-14(19)16(18(20,21)22)27-30(10)5-4-13(31)26-12-8-25-29(3)15(12)17(32)23-6-11-7-24-28(2)9-11/h7-9H,4-6H2,1-3H3,(H,23,32)(H,26,31). The number of aryl methyl sites for hydroxylation is 3. The molecule has 0 aliphatic heterocycles. The van der Waals surface area contributed by atoms with E-state index in [0.29, 0.717) is 0 Å². The first kappa shape index (κ1) is 23.5. The highest BCUT2D eigenvalue weighted by molar-refractivity contribution is 9.10. The van der Waals surface area contributed by atoms with Crippen molar-refractivity contribution in [2.45, 2.75) is 32.6 Å². The fourth-order valence-corrected chi connectivity index (χ4v) is 3.48. The second-order valence-corrected chi connectivity index (χ2v) is 7.80. The number of hydrogen-bond acceptors (Lipinski definition) is 5. The highest BCUT2D eigenvalue weighted by Gasteiger charge is 2.37. The quantitative estimate of drug-likeness (QED) is 0.500. The number of carbonyl (C=O) groups is 2. The summed E-state index contributed by atoms with van der Waals surface area (Å²) in [6.45, 7) is 1.63. The summed E-state index contributed by atoms with van der Waals surface area (Å²) in [4.78, 5) is 25.0. The van der Waals surface area contributed by atoms with Gasteiger partial charge in [-0.15, -0.1) is 0 Å². The first-order chi connectivity index (χ1) is 15.0. The van der Waals surface area contributed by atoms with Gasteiger partial charge in [0.15, 0.2) is 5.69 Å². The summed E-state index contributed by atoms with van der Waals surface area (Å²) >= 11 is 2.89. The topological polar surface area (TPSA) is 112 Å². The molecular weight excluding hydrogens is 497 g/mol. The number of amides is 2. The molecule has 2 amide bonds. The van der Waals surface area contributed by atoms with Crippen LogP contribution in [0.3, 0.4) is 0 Å². The Morgan fingerprint density at radius 2 is 1.91 bits per heavy atom. The summed E-state index contributed by atoms with van der Waals surface area (Å²) in [5.41, 5.74) is 0.333. The van der Waals surface area contributed by atoms with Gasteiger partial charge in [-0.25, -0.2) is 0 Å². The molecule has 0 aliphatic rings. The Morgan fingerprint density at radius 1 is 1.19 bits per heavy atom. The molecule has 0 atom stereocenters. The summed E-state index contributed by atoms with van der Waals surface area (Å²) in [5.74, 6) is -0.954. The van der Waals surface area contributed by atoms with Gasteiger partial charge in [0.2, 0.25) is 5.91 Å². The number of carbonyl (C=O) groups excluding carboxylic acids is 2. The lowest BCUT2D eigenvalue weighted by Gasteiger charge is -2.09. The van der Waals surface area contributed by atoms with Crippen LogP contribution >= 0.6 is 15.9 Å². The Kier molecular flexibility index (Phi) is 6.71. The van der Waals surface area contributed by atoms with Crippen LogP contribution in [0.5, 0.6) is 0 Å². The number of alkyl halides is 3. The van der Waals surface area contributed by atoms with Crippen LogP contribution in [0.25, 0.3) is 0 Å².